The Morgan fingerprint density at radius 3 is 2.31 bits per heavy atom. The lowest BCUT2D eigenvalue weighted by Gasteiger charge is -2.05. The molecule has 0 aliphatic rings. The first-order chi connectivity index (χ1) is 6.07. The van der Waals surface area contributed by atoms with E-state index in [-0.39, 0.29) is 12.0 Å². The van der Waals surface area contributed by atoms with Gasteiger partial charge in [0.2, 0.25) is 0 Å². The van der Waals surface area contributed by atoms with Crippen LogP contribution < -0.4 is 0 Å². The molecule has 0 bridgehead atoms. The monoisotopic (exact) mass is 178 g/mol. The fourth-order valence-corrected chi connectivity index (χ4v) is 1.16. The summed E-state index contributed by atoms with van der Waals surface area (Å²) in [6, 6.07) is 2.33. The SMILES string of the molecule is CC(C)c1nnn(C(C)C)c1C#N. The number of aromatic nitrogens is 3. The molecule has 0 spiro atoms. The Hall–Kier alpha value is -1.37. The van der Waals surface area contributed by atoms with Crippen molar-refractivity contribution in [2.45, 2.75) is 39.7 Å². The van der Waals surface area contributed by atoms with Crippen LogP contribution in [0, 0.1) is 11.3 Å². The molecule has 0 saturated carbocycles. The van der Waals surface area contributed by atoms with Crippen molar-refractivity contribution >= 4 is 0 Å². The maximum absolute atomic E-state index is 8.94. The van der Waals surface area contributed by atoms with Crippen LogP contribution >= 0.6 is 0 Å². The van der Waals surface area contributed by atoms with Crippen molar-refractivity contribution in [1.29, 1.82) is 5.26 Å². The van der Waals surface area contributed by atoms with E-state index in [2.05, 4.69) is 16.4 Å². The molecule has 0 atom stereocenters. The summed E-state index contributed by atoms with van der Waals surface area (Å²) in [6.07, 6.45) is 0. The largest absolute Gasteiger partial charge is 0.232 e. The lowest BCUT2D eigenvalue weighted by Crippen LogP contribution is -2.06. The number of rotatable bonds is 2. The third kappa shape index (κ3) is 1.69. The molecule has 0 N–H and O–H groups in total. The van der Waals surface area contributed by atoms with E-state index in [1.165, 1.54) is 0 Å². The minimum atomic E-state index is 0.189. The first-order valence-corrected chi connectivity index (χ1v) is 4.43. The van der Waals surface area contributed by atoms with Gasteiger partial charge in [-0.1, -0.05) is 19.1 Å². The number of hydrogen-bond donors (Lipinski definition) is 0. The summed E-state index contributed by atoms with van der Waals surface area (Å²) in [5, 5.41) is 16.9. The molecule has 0 fully saturated rings. The predicted molar refractivity (Wildman–Crippen MR) is 49.2 cm³/mol. The molecular formula is C9H14N4. The van der Waals surface area contributed by atoms with Crippen LogP contribution in [0.15, 0.2) is 0 Å². The maximum atomic E-state index is 8.94. The predicted octanol–water partition coefficient (Wildman–Crippen LogP) is 1.85. The Morgan fingerprint density at radius 1 is 1.31 bits per heavy atom. The van der Waals surface area contributed by atoms with Crippen LogP contribution in [0.1, 0.15) is 51.0 Å². The highest BCUT2D eigenvalue weighted by molar-refractivity contribution is 5.27. The molecule has 1 heterocycles. The second-order valence-electron chi connectivity index (χ2n) is 3.63. The summed E-state index contributed by atoms with van der Waals surface area (Å²) in [4.78, 5) is 0. The zero-order valence-electron chi connectivity index (χ0n) is 8.44. The Balaban J connectivity index is 3.21. The first kappa shape index (κ1) is 9.72. The Bertz CT molecular complexity index is 304. The van der Waals surface area contributed by atoms with E-state index in [4.69, 9.17) is 5.26 Å². The highest BCUT2D eigenvalue weighted by Crippen LogP contribution is 2.17. The van der Waals surface area contributed by atoms with Gasteiger partial charge in [-0.15, -0.1) is 5.10 Å². The molecule has 0 unspecified atom stereocenters. The molecular weight excluding hydrogens is 164 g/mol. The zero-order chi connectivity index (χ0) is 10.0. The Kier molecular flexibility index (Phi) is 2.66. The second-order valence-corrected chi connectivity index (χ2v) is 3.63. The molecule has 0 aromatic carbocycles. The fraction of sp³-hybridized carbons (Fsp3) is 0.667. The third-order valence-electron chi connectivity index (χ3n) is 1.86. The van der Waals surface area contributed by atoms with Gasteiger partial charge >= 0.3 is 0 Å². The van der Waals surface area contributed by atoms with Crippen LogP contribution in [0.25, 0.3) is 0 Å². The van der Waals surface area contributed by atoms with Crippen LogP contribution in [0.3, 0.4) is 0 Å². The minimum absolute atomic E-state index is 0.189. The van der Waals surface area contributed by atoms with Crippen molar-refractivity contribution in [3.05, 3.63) is 11.4 Å². The zero-order valence-corrected chi connectivity index (χ0v) is 8.44. The maximum Gasteiger partial charge on any atom is 0.162 e. The highest BCUT2D eigenvalue weighted by atomic mass is 15.4. The molecule has 70 valence electrons. The van der Waals surface area contributed by atoms with Gasteiger partial charge in [0, 0.05) is 12.0 Å². The number of hydrogen-bond acceptors (Lipinski definition) is 3. The standard InChI is InChI=1S/C9H14N4/c1-6(2)9-8(5-10)13(7(3)4)12-11-9/h6-7H,1-4H3. The summed E-state index contributed by atoms with van der Waals surface area (Å²) in [6.45, 7) is 7.99. The molecule has 0 aliphatic carbocycles. The summed E-state index contributed by atoms with van der Waals surface area (Å²) in [5.41, 5.74) is 1.38. The molecule has 0 saturated heterocycles. The van der Waals surface area contributed by atoms with E-state index in [9.17, 15) is 0 Å². The lowest BCUT2D eigenvalue weighted by molar-refractivity contribution is 0.509. The van der Waals surface area contributed by atoms with E-state index in [0.29, 0.717) is 5.69 Å². The first-order valence-electron chi connectivity index (χ1n) is 4.43. The van der Waals surface area contributed by atoms with E-state index < -0.39 is 0 Å². The van der Waals surface area contributed by atoms with Crippen LogP contribution in [0.2, 0.25) is 0 Å². The molecule has 4 heteroatoms. The molecule has 1 aromatic rings. The van der Waals surface area contributed by atoms with E-state index in [1.807, 2.05) is 27.7 Å². The topological polar surface area (TPSA) is 54.5 Å². The molecule has 4 nitrogen and oxygen atoms in total. The van der Waals surface area contributed by atoms with Gasteiger partial charge in [0.05, 0.1) is 0 Å². The van der Waals surface area contributed by atoms with Crippen molar-refractivity contribution in [2.24, 2.45) is 0 Å². The van der Waals surface area contributed by atoms with E-state index in [0.717, 1.165) is 5.69 Å². The molecule has 0 aliphatic heterocycles. The van der Waals surface area contributed by atoms with Crippen molar-refractivity contribution in [3.63, 3.8) is 0 Å². The number of nitrogens with zero attached hydrogens (tertiary/aromatic N) is 4. The smallest absolute Gasteiger partial charge is 0.162 e. The van der Waals surface area contributed by atoms with Gasteiger partial charge in [-0.2, -0.15) is 5.26 Å². The van der Waals surface area contributed by atoms with Crippen molar-refractivity contribution in [2.75, 3.05) is 0 Å². The summed E-state index contributed by atoms with van der Waals surface area (Å²) < 4.78 is 1.66. The van der Waals surface area contributed by atoms with Gasteiger partial charge in [0.25, 0.3) is 0 Å². The molecule has 0 amide bonds. The molecule has 0 radical (unpaired) electrons. The summed E-state index contributed by atoms with van der Waals surface area (Å²) in [5.74, 6) is 0.252. The van der Waals surface area contributed by atoms with Crippen molar-refractivity contribution < 1.29 is 0 Å². The molecule has 1 aromatic heterocycles. The average Bonchev–Trinajstić information content (AvgIpc) is 2.46. The van der Waals surface area contributed by atoms with Crippen LogP contribution in [0.5, 0.6) is 0 Å². The van der Waals surface area contributed by atoms with Crippen molar-refractivity contribution in [3.8, 4) is 6.07 Å². The van der Waals surface area contributed by atoms with E-state index >= 15 is 0 Å². The highest BCUT2D eigenvalue weighted by Gasteiger charge is 2.16. The second kappa shape index (κ2) is 3.56. The molecule has 13 heavy (non-hydrogen) atoms. The van der Waals surface area contributed by atoms with Crippen LogP contribution in [0.4, 0.5) is 0 Å². The van der Waals surface area contributed by atoms with Gasteiger partial charge in [-0.3, -0.25) is 0 Å². The van der Waals surface area contributed by atoms with Crippen LogP contribution in [-0.2, 0) is 0 Å². The minimum Gasteiger partial charge on any atom is -0.232 e. The van der Waals surface area contributed by atoms with Gasteiger partial charge in [0.15, 0.2) is 5.69 Å². The Labute approximate surface area is 78.2 Å². The van der Waals surface area contributed by atoms with Crippen LogP contribution in [-0.4, -0.2) is 15.0 Å². The van der Waals surface area contributed by atoms with E-state index in [1.54, 1.807) is 4.68 Å². The molecule has 1 rings (SSSR count). The Morgan fingerprint density at radius 2 is 1.92 bits per heavy atom. The van der Waals surface area contributed by atoms with Gasteiger partial charge in [-0.25, -0.2) is 4.68 Å². The van der Waals surface area contributed by atoms with Gasteiger partial charge < -0.3 is 0 Å². The summed E-state index contributed by atoms with van der Waals surface area (Å²) in [7, 11) is 0. The normalized spacial score (nSPS) is 10.8. The van der Waals surface area contributed by atoms with Crippen molar-refractivity contribution in [1.82, 2.24) is 15.0 Å². The van der Waals surface area contributed by atoms with Gasteiger partial charge in [-0.05, 0) is 13.8 Å². The number of nitriles is 1. The fourth-order valence-electron chi connectivity index (χ4n) is 1.16. The summed E-state index contributed by atoms with van der Waals surface area (Å²) >= 11 is 0. The third-order valence-corrected chi connectivity index (χ3v) is 1.86. The average molecular weight is 178 g/mol. The quantitative estimate of drug-likeness (QED) is 0.694. The van der Waals surface area contributed by atoms with Gasteiger partial charge in [0.1, 0.15) is 11.8 Å². The lowest BCUT2D eigenvalue weighted by atomic mass is 10.1.